The number of aliphatic carboxylic acids is 1. The highest BCUT2D eigenvalue weighted by Crippen LogP contribution is 2.30. The maximum Gasteiger partial charge on any atom is 0.330 e. The van der Waals surface area contributed by atoms with Gasteiger partial charge in [-0.05, 0) is 11.1 Å². The van der Waals surface area contributed by atoms with E-state index in [4.69, 9.17) is 14.6 Å². The fourth-order valence-corrected chi connectivity index (χ4v) is 2.78. The molecule has 0 aromatic carbocycles. The third-order valence-corrected chi connectivity index (χ3v) is 4.00. The second-order valence-corrected chi connectivity index (χ2v) is 6.04. The first-order valence-electron chi connectivity index (χ1n) is 7.65. The van der Waals surface area contributed by atoms with Crippen LogP contribution < -0.4 is 11.2 Å². The summed E-state index contributed by atoms with van der Waals surface area (Å²) in [5.41, 5.74) is -1.08. The lowest BCUT2D eigenvalue weighted by molar-refractivity contribution is -0.155. The highest BCUT2D eigenvalue weighted by atomic mass is 79.9. The number of hydrogen-bond acceptors (Lipinski definition) is 7. The first-order valence-corrected chi connectivity index (χ1v) is 8.57. The predicted molar refractivity (Wildman–Crippen MR) is 91.6 cm³/mol. The van der Waals surface area contributed by atoms with Crippen LogP contribution in [0.15, 0.2) is 20.8 Å². The van der Waals surface area contributed by atoms with E-state index in [9.17, 15) is 24.3 Å². The van der Waals surface area contributed by atoms with Crippen LogP contribution in [0, 0.1) is 0 Å². The zero-order valence-electron chi connectivity index (χ0n) is 13.5. The number of rotatable bonds is 7. The molecule has 1 saturated heterocycles. The van der Waals surface area contributed by atoms with Crippen molar-refractivity contribution in [2.75, 3.05) is 6.61 Å². The molecule has 0 aliphatic carbocycles. The van der Waals surface area contributed by atoms with E-state index in [0.717, 1.165) is 4.57 Å². The number of halogens is 1. The van der Waals surface area contributed by atoms with Crippen LogP contribution >= 0.6 is 15.9 Å². The van der Waals surface area contributed by atoms with Gasteiger partial charge in [0.2, 0.25) is 0 Å². The Morgan fingerprint density at radius 1 is 1.42 bits per heavy atom. The van der Waals surface area contributed by atoms with Crippen molar-refractivity contribution >= 4 is 33.9 Å². The SMILES string of the molecule is O=C(O)CCC(=O)OC1C[C@@H](n2cc(/C=C/Br)c(=O)[nH]c2=O)O[C@H]1CO. The molecule has 1 unspecified atom stereocenters. The monoisotopic (exact) mass is 432 g/mol. The van der Waals surface area contributed by atoms with Gasteiger partial charge in [0.05, 0.1) is 25.0 Å². The molecule has 1 fully saturated rings. The van der Waals surface area contributed by atoms with E-state index in [1.54, 1.807) is 0 Å². The summed E-state index contributed by atoms with van der Waals surface area (Å²) in [6, 6.07) is 0. The summed E-state index contributed by atoms with van der Waals surface area (Å²) in [7, 11) is 0. The van der Waals surface area contributed by atoms with E-state index >= 15 is 0 Å². The lowest BCUT2D eigenvalue weighted by Crippen LogP contribution is -2.33. The molecular formula is C15H17BrN2O8. The number of carbonyl (C=O) groups excluding carboxylic acids is 1. The fraction of sp³-hybridized carbons (Fsp3) is 0.467. The molecule has 3 N–H and O–H groups in total. The molecule has 10 nitrogen and oxygen atoms in total. The van der Waals surface area contributed by atoms with Gasteiger partial charge < -0.3 is 19.7 Å². The topological polar surface area (TPSA) is 148 Å². The molecular weight excluding hydrogens is 416 g/mol. The van der Waals surface area contributed by atoms with E-state index in [0.29, 0.717) is 0 Å². The van der Waals surface area contributed by atoms with Crippen molar-refractivity contribution in [2.45, 2.75) is 37.7 Å². The van der Waals surface area contributed by atoms with Gasteiger partial charge in [-0.3, -0.25) is 23.9 Å². The van der Waals surface area contributed by atoms with Crippen LogP contribution in [0.25, 0.3) is 6.08 Å². The molecule has 26 heavy (non-hydrogen) atoms. The quantitative estimate of drug-likeness (QED) is 0.508. The molecule has 0 saturated carbocycles. The molecule has 142 valence electrons. The van der Waals surface area contributed by atoms with E-state index in [-0.39, 0.29) is 24.8 Å². The Hall–Kier alpha value is -2.24. The van der Waals surface area contributed by atoms with E-state index in [1.807, 2.05) is 0 Å². The number of nitrogens with one attached hydrogen (secondary N) is 1. The molecule has 1 aliphatic heterocycles. The minimum Gasteiger partial charge on any atom is -0.481 e. The normalized spacial score (nSPS) is 22.6. The van der Waals surface area contributed by atoms with Crippen molar-refractivity contribution in [3.63, 3.8) is 0 Å². The molecule has 0 bridgehead atoms. The number of ether oxygens (including phenoxy) is 2. The molecule has 3 atom stereocenters. The van der Waals surface area contributed by atoms with Gasteiger partial charge in [-0.15, -0.1) is 0 Å². The molecule has 1 aromatic rings. The van der Waals surface area contributed by atoms with Crippen molar-refractivity contribution in [3.8, 4) is 0 Å². The lowest BCUT2D eigenvalue weighted by atomic mass is 10.2. The first-order chi connectivity index (χ1) is 12.3. The third kappa shape index (κ3) is 4.90. The Balaban J connectivity index is 2.17. The number of aromatic amines is 1. The third-order valence-electron chi connectivity index (χ3n) is 3.73. The van der Waals surface area contributed by atoms with Crippen LogP contribution in [0.5, 0.6) is 0 Å². The zero-order valence-corrected chi connectivity index (χ0v) is 15.0. The number of H-pyrrole nitrogens is 1. The number of carbonyl (C=O) groups is 2. The van der Waals surface area contributed by atoms with Crippen LogP contribution in [-0.4, -0.2) is 50.5 Å². The Labute approximate surface area is 155 Å². The minimum atomic E-state index is -1.13. The average Bonchev–Trinajstić information content (AvgIpc) is 2.98. The first kappa shape index (κ1) is 20.1. The van der Waals surface area contributed by atoms with Crippen LogP contribution in [0.2, 0.25) is 0 Å². The van der Waals surface area contributed by atoms with Gasteiger partial charge in [-0.2, -0.15) is 0 Å². The second kappa shape index (κ2) is 8.92. The van der Waals surface area contributed by atoms with E-state index in [2.05, 4.69) is 20.9 Å². The number of carboxylic acids is 1. The van der Waals surface area contributed by atoms with Gasteiger partial charge in [0.15, 0.2) is 0 Å². The van der Waals surface area contributed by atoms with Crippen molar-refractivity contribution in [2.24, 2.45) is 0 Å². The highest BCUT2D eigenvalue weighted by molar-refractivity contribution is 9.11. The van der Waals surface area contributed by atoms with Gasteiger partial charge in [0.25, 0.3) is 5.56 Å². The number of aliphatic hydroxyl groups is 1. The second-order valence-electron chi connectivity index (χ2n) is 5.51. The van der Waals surface area contributed by atoms with E-state index in [1.165, 1.54) is 17.3 Å². The van der Waals surface area contributed by atoms with Crippen molar-refractivity contribution < 1.29 is 29.3 Å². The fourth-order valence-electron chi connectivity index (χ4n) is 2.50. The summed E-state index contributed by atoms with van der Waals surface area (Å²) >= 11 is 3.04. The Morgan fingerprint density at radius 2 is 2.15 bits per heavy atom. The van der Waals surface area contributed by atoms with Gasteiger partial charge in [-0.1, -0.05) is 15.9 Å². The summed E-state index contributed by atoms with van der Waals surface area (Å²) in [5.74, 6) is -1.87. The molecule has 1 aliphatic rings. The van der Waals surface area contributed by atoms with Crippen LogP contribution in [0.1, 0.15) is 31.1 Å². The summed E-state index contributed by atoms with van der Waals surface area (Å²) in [4.78, 5) is 49.6. The molecule has 0 radical (unpaired) electrons. The van der Waals surface area contributed by atoms with Gasteiger partial charge >= 0.3 is 17.6 Å². The maximum absolute atomic E-state index is 12.0. The summed E-state index contributed by atoms with van der Waals surface area (Å²) in [5, 5.41) is 18.0. The van der Waals surface area contributed by atoms with Gasteiger partial charge in [0, 0.05) is 12.6 Å². The smallest absolute Gasteiger partial charge is 0.330 e. The summed E-state index contributed by atoms with van der Waals surface area (Å²) < 4.78 is 11.8. The highest BCUT2D eigenvalue weighted by Gasteiger charge is 2.39. The van der Waals surface area contributed by atoms with E-state index < -0.39 is 48.2 Å². The minimum absolute atomic E-state index is 0.0630. The van der Waals surface area contributed by atoms with Crippen molar-refractivity contribution in [1.29, 1.82) is 0 Å². The van der Waals surface area contributed by atoms with Gasteiger partial charge in [0.1, 0.15) is 18.4 Å². The van der Waals surface area contributed by atoms with Crippen LogP contribution in [0.3, 0.4) is 0 Å². The lowest BCUT2D eigenvalue weighted by Gasteiger charge is -2.16. The Kier molecular flexibility index (Phi) is 6.89. The number of carboxylic acid groups (broad SMARTS) is 1. The largest absolute Gasteiger partial charge is 0.481 e. The van der Waals surface area contributed by atoms with Crippen molar-refractivity contribution in [1.82, 2.24) is 9.55 Å². The molecule has 0 amide bonds. The number of esters is 1. The summed E-state index contributed by atoms with van der Waals surface area (Å²) in [6.45, 7) is -0.459. The number of nitrogens with zero attached hydrogens (tertiary/aromatic N) is 1. The standard InChI is InChI=1S/C15H17BrN2O8/c16-4-3-8-6-18(15(24)17-14(8)23)11-5-9(10(7-19)25-11)26-13(22)2-1-12(20)21/h3-4,6,9-11,19H,1-2,5,7H2,(H,20,21)(H,17,23,24)/b4-3+/t9?,10-,11-/m0/s1. The summed E-state index contributed by atoms with van der Waals surface area (Å²) in [6.07, 6.45) is -0.467. The Bertz CT molecular complexity index is 815. The number of aromatic nitrogens is 2. The Morgan fingerprint density at radius 3 is 2.77 bits per heavy atom. The van der Waals surface area contributed by atoms with Crippen LogP contribution in [-0.2, 0) is 19.1 Å². The molecule has 2 rings (SSSR count). The number of hydrogen-bond donors (Lipinski definition) is 3. The number of aliphatic hydroxyl groups excluding tert-OH is 1. The average molecular weight is 433 g/mol. The van der Waals surface area contributed by atoms with Crippen LogP contribution in [0.4, 0.5) is 0 Å². The molecule has 11 heteroatoms. The van der Waals surface area contributed by atoms with Gasteiger partial charge in [-0.25, -0.2) is 4.79 Å². The molecule has 2 heterocycles. The molecule has 1 aromatic heterocycles. The zero-order chi connectivity index (χ0) is 19.3. The molecule has 0 spiro atoms. The predicted octanol–water partition coefficient (Wildman–Crippen LogP) is -0.0414. The maximum atomic E-state index is 12.0. The van der Waals surface area contributed by atoms with Crippen molar-refractivity contribution in [3.05, 3.63) is 37.6 Å².